The lowest BCUT2D eigenvalue weighted by Gasteiger charge is -2.47. The summed E-state index contributed by atoms with van der Waals surface area (Å²) < 4.78 is 28.7. The molecule has 0 amide bonds. The van der Waals surface area contributed by atoms with Gasteiger partial charge in [-0.2, -0.15) is 0 Å². The predicted molar refractivity (Wildman–Crippen MR) is 126 cm³/mol. The quantitative estimate of drug-likeness (QED) is 0.403. The van der Waals surface area contributed by atoms with Gasteiger partial charge < -0.3 is 28.9 Å². The number of ether oxygens (including phenoxy) is 2. The Bertz CT molecular complexity index is 955. The zero-order chi connectivity index (χ0) is 23.7. The molecule has 9 heteroatoms. The summed E-state index contributed by atoms with van der Waals surface area (Å²) in [5, 5.41) is 11.2. The van der Waals surface area contributed by atoms with E-state index < -0.39 is 13.7 Å². The molecular weight excluding hydrogens is 453 g/mol. The average molecular weight is 486 g/mol. The molecule has 0 fully saturated rings. The van der Waals surface area contributed by atoms with Gasteiger partial charge >= 0.3 is 7.60 Å². The molecule has 2 heterocycles. The van der Waals surface area contributed by atoms with Crippen LogP contribution in [-0.2, 0) is 20.2 Å². The summed E-state index contributed by atoms with van der Waals surface area (Å²) in [7, 11) is -2.46. The zero-order valence-corrected chi connectivity index (χ0v) is 20.9. The van der Waals surface area contributed by atoms with E-state index >= 15 is 0 Å². The monoisotopic (exact) mass is 485 g/mol. The minimum Gasteiger partial charge on any atom is -0.492 e. The van der Waals surface area contributed by atoms with Crippen LogP contribution in [0.5, 0.6) is 5.75 Å². The third-order valence-corrected chi connectivity index (χ3v) is 7.67. The molecule has 0 saturated heterocycles. The molecule has 0 spiro atoms. The van der Waals surface area contributed by atoms with Crippen molar-refractivity contribution >= 4 is 24.9 Å². The summed E-state index contributed by atoms with van der Waals surface area (Å²) in [4.78, 5) is 12.4. The van der Waals surface area contributed by atoms with Crippen molar-refractivity contribution < 1.29 is 28.6 Å². The number of hydrogen-bond acceptors (Lipinski definition) is 6. The number of nitrogens with zero attached hydrogens (tertiary/aromatic N) is 1. The Morgan fingerprint density at radius 3 is 2.62 bits per heavy atom. The van der Waals surface area contributed by atoms with Gasteiger partial charge in [-0.05, 0) is 42.5 Å². The molecule has 0 aromatic heterocycles. The van der Waals surface area contributed by atoms with Gasteiger partial charge in [-0.15, -0.1) is 0 Å². The van der Waals surface area contributed by atoms with E-state index in [1.165, 1.54) is 0 Å². The lowest BCUT2D eigenvalue weighted by Crippen LogP contribution is -2.46. The molecule has 0 bridgehead atoms. The van der Waals surface area contributed by atoms with E-state index in [4.69, 9.17) is 25.6 Å². The van der Waals surface area contributed by atoms with E-state index in [0.717, 1.165) is 23.2 Å². The molecule has 3 atom stereocenters. The fraction of sp³-hybridized carbons (Fsp3) is 0.565. The highest BCUT2D eigenvalue weighted by Crippen LogP contribution is 2.56. The van der Waals surface area contributed by atoms with Crippen LogP contribution in [0.4, 0.5) is 0 Å². The summed E-state index contributed by atoms with van der Waals surface area (Å²) >= 11 is 6.53. The first kappa shape index (κ1) is 25.3. The molecule has 0 radical (unpaired) electrons. The van der Waals surface area contributed by atoms with Crippen LogP contribution in [0.3, 0.4) is 0 Å². The first-order valence-corrected chi connectivity index (χ1v) is 12.8. The fourth-order valence-corrected chi connectivity index (χ4v) is 5.51. The number of aliphatic hydroxyl groups is 1. The van der Waals surface area contributed by atoms with E-state index in [1.54, 1.807) is 26.3 Å². The number of methoxy groups -OCH3 is 1. The Morgan fingerprint density at radius 2 is 2.00 bits per heavy atom. The molecule has 3 rings (SSSR count). The smallest absolute Gasteiger partial charge is 0.359 e. The number of rotatable bonds is 8. The molecule has 0 saturated carbocycles. The summed E-state index contributed by atoms with van der Waals surface area (Å²) in [6, 6.07) is 3.78. The van der Waals surface area contributed by atoms with Gasteiger partial charge in [-0.1, -0.05) is 32.4 Å². The van der Waals surface area contributed by atoms with Crippen molar-refractivity contribution in [3.05, 3.63) is 45.9 Å². The van der Waals surface area contributed by atoms with E-state index in [2.05, 4.69) is 20.8 Å². The largest absolute Gasteiger partial charge is 0.492 e. The number of halogens is 1. The van der Waals surface area contributed by atoms with Crippen molar-refractivity contribution in [1.82, 2.24) is 4.90 Å². The third-order valence-electron chi connectivity index (χ3n) is 5.73. The standard InChI is InChI=1S/C23H33ClNO6P/c1-6-31-32(27,28)21-14-25-18(13-19(21)26)16-12-17(24)20(30-9-7-8-29-5)10-15(16)11-22(25)23(2,3)4/h10,12-14,19,22,26H,6-9,11H2,1-5H3,(H,27,28). The molecule has 32 heavy (non-hydrogen) atoms. The van der Waals surface area contributed by atoms with Crippen molar-refractivity contribution in [2.75, 3.05) is 26.9 Å². The van der Waals surface area contributed by atoms with Gasteiger partial charge in [0.15, 0.2) is 0 Å². The van der Waals surface area contributed by atoms with Gasteiger partial charge in [-0.25, -0.2) is 0 Å². The second kappa shape index (κ2) is 9.88. The Balaban J connectivity index is 2.03. The second-order valence-corrected chi connectivity index (χ2v) is 11.3. The van der Waals surface area contributed by atoms with Crippen LogP contribution in [-0.4, -0.2) is 54.0 Å². The van der Waals surface area contributed by atoms with E-state index in [9.17, 15) is 14.6 Å². The van der Waals surface area contributed by atoms with E-state index in [1.807, 2.05) is 17.0 Å². The molecule has 1 aromatic rings. The van der Waals surface area contributed by atoms with Gasteiger partial charge in [0.2, 0.25) is 0 Å². The Kier molecular flexibility index (Phi) is 7.81. The third kappa shape index (κ3) is 5.24. The predicted octanol–water partition coefficient (Wildman–Crippen LogP) is 4.81. The molecule has 178 valence electrons. The lowest BCUT2D eigenvalue weighted by molar-refractivity contribution is 0.171. The van der Waals surface area contributed by atoms with Crippen LogP contribution in [0, 0.1) is 5.41 Å². The number of hydrogen-bond donors (Lipinski definition) is 2. The molecule has 2 aliphatic heterocycles. The van der Waals surface area contributed by atoms with Crippen LogP contribution in [0.2, 0.25) is 5.02 Å². The van der Waals surface area contributed by atoms with E-state index in [0.29, 0.717) is 30.4 Å². The van der Waals surface area contributed by atoms with Crippen molar-refractivity contribution in [3.8, 4) is 5.75 Å². The Hall–Kier alpha value is -1.34. The zero-order valence-electron chi connectivity index (χ0n) is 19.3. The van der Waals surface area contributed by atoms with Crippen molar-refractivity contribution in [1.29, 1.82) is 0 Å². The number of aliphatic hydroxyl groups excluding tert-OH is 1. The highest BCUT2D eigenvalue weighted by atomic mass is 35.5. The summed E-state index contributed by atoms with van der Waals surface area (Å²) in [5.41, 5.74) is 2.52. The van der Waals surface area contributed by atoms with Crippen LogP contribution in [0.15, 0.2) is 29.7 Å². The maximum absolute atomic E-state index is 12.7. The van der Waals surface area contributed by atoms with Gasteiger partial charge in [0, 0.05) is 43.6 Å². The highest BCUT2D eigenvalue weighted by Gasteiger charge is 2.42. The summed E-state index contributed by atoms with van der Waals surface area (Å²) in [5.74, 6) is 0.618. The maximum atomic E-state index is 12.7. The number of fused-ring (bicyclic) bond motifs is 3. The lowest BCUT2D eigenvalue weighted by atomic mass is 9.77. The maximum Gasteiger partial charge on any atom is 0.359 e. The molecule has 0 aliphatic carbocycles. The normalized spacial score (nSPS) is 22.4. The van der Waals surface area contributed by atoms with Gasteiger partial charge in [0.05, 0.1) is 23.6 Å². The van der Waals surface area contributed by atoms with Gasteiger partial charge in [0.25, 0.3) is 0 Å². The minimum atomic E-state index is -4.12. The van der Waals surface area contributed by atoms with Crippen molar-refractivity contribution in [2.24, 2.45) is 5.41 Å². The second-order valence-electron chi connectivity index (χ2n) is 9.12. The first-order valence-electron chi connectivity index (χ1n) is 10.8. The van der Waals surface area contributed by atoms with Crippen LogP contribution < -0.4 is 4.74 Å². The molecule has 1 aromatic carbocycles. The van der Waals surface area contributed by atoms with E-state index in [-0.39, 0.29) is 23.4 Å². The SMILES string of the molecule is CCOP(=O)(O)C1=CN2C(=CC1O)c1cc(Cl)c(OCCCOC)cc1CC2C(C)(C)C. The molecular formula is C23H33ClNO6P. The fourth-order valence-electron chi connectivity index (χ4n) is 4.11. The molecule has 7 nitrogen and oxygen atoms in total. The van der Waals surface area contributed by atoms with Gasteiger partial charge in [0.1, 0.15) is 11.9 Å². The van der Waals surface area contributed by atoms with Gasteiger partial charge in [-0.3, -0.25) is 4.57 Å². The van der Waals surface area contributed by atoms with Crippen LogP contribution >= 0.6 is 19.2 Å². The molecule has 3 unspecified atom stereocenters. The summed E-state index contributed by atoms with van der Waals surface area (Å²) in [6.45, 7) is 9.19. The number of benzene rings is 1. The minimum absolute atomic E-state index is 0.0205. The van der Waals surface area contributed by atoms with Crippen molar-refractivity contribution in [2.45, 2.75) is 52.7 Å². The Morgan fingerprint density at radius 1 is 1.28 bits per heavy atom. The first-order chi connectivity index (χ1) is 15.0. The van der Waals surface area contributed by atoms with Crippen LogP contribution in [0.25, 0.3) is 5.70 Å². The molecule has 2 N–H and O–H groups in total. The average Bonchev–Trinajstić information content (AvgIpc) is 2.70. The molecule has 2 aliphatic rings. The Labute approximate surface area is 195 Å². The van der Waals surface area contributed by atoms with Crippen molar-refractivity contribution in [3.63, 3.8) is 0 Å². The summed E-state index contributed by atoms with van der Waals surface area (Å²) in [6.07, 6.45) is 3.39. The highest BCUT2D eigenvalue weighted by molar-refractivity contribution is 7.57. The topological polar surface area (TPSA) is 88.5 Å². The van der Waals surface area contributed by atoms with Crippen LogP contribution in [0.1, 0.15) is 45.2 Å².